The number of benzene rings is 1. The van der Waals surface area contributed by atoms with Crippen molar-refractivity contribution in [2.24, 2.45) is 0 Å². The summed E-state index contributed by atoms with van der Waals surface area (Å²) in [5.74, 6) is -1.35. The average Bonchev–Trinajstić information content (AvgIpc) is 2.85. The fraction of sp³-hybridized carbons (Fsp3) is 0.375. The highest BCUT2D eigenvalue weighted by Gasteiger charge is 2.21. The molecule has 0 bridgehead atoms. The van der Waals surface area contributed by atoms with Crippen LogP contribution in [0.3, 0.4) is 0 Å². The molecule has 0 saturated heterocycles. The van der Waals surface area contributed by atoms with E-state index in [1.165, 1.54) is 12.1 Å². The van der Waals surface area contributed by atoms with Crippen LogP contribution in [0.25, 0.3) is 11.3 Å². The van der Waals surface area contributed by atoms with E-state index in [-0.39, 0.29) is 5.56 Å². The standard InChI is InChI=1S/C16H18FNO3S/c1-9(19)14-8-13(18-22-14)10-5-6-11(12(17)7-10)15(20)21-16(2,3)4/h5-9,19H,1-4H3/t9-/m1/s1. The van der Waals surface area contributed by atoms with Crippen molar-refractivity contribution in [1.82, 2.24) is 4.37 Å². The van der Waals surface area contributed by atoms with E-state index in [1.54, 1.807) is 39.8 Å². The lowest BCUT2D eigenvalue weighted by Crippen LogP contribution is -2.24. The highest BCUT2D eigenvalue weighted by Crippen LogP contribution is 2.27. The number of rotatable bonds is 3. The summed E-state index contributed by atoms with van der Waals surface area (Å²) in [6.45, 7) is 6.82. The Labute approximate surface area is 132 Å². The first-order valence-electron chi connectivity index (χ1n) is 6.85. The Morgan fingerprint density at radius 3 is 2.55 bits per heavy atom. The molecule has 2 aromatic rings. The molecule has 0 aliphatic heterocycles. The summed E-state index contributed by atoms with van der Waals surface area (Å²) in [7, 11) is 0. The average molecular weight is 323 g/mol. The van der Waals surface area contributed by atoms with Gasteiger partial charge in [0.05, 0.1) is 22.2 Å². The van der Waals surface area contributed by atoms with Crippen LogP contribution in [0.4, 0.5) is 4.39 Å². The third kappa shape index (κ3) is 3.90. The minimum atomic E-state index is -0.695. The van der Waals surface area contributed by atoms with Crippen LogP contribution in [-0.2, 0) is 4.74 Å². The van der Waals surface area contributed by atoms with E-state index in [9.17, 15) is 14.3 Å². The maximum atomic E-state index is 14.2. The van der Waals surface area contributed by atoms with Crippen LogP contribution in [0.2, 0.25) is 0 Å². The smallest absolute Gasteiger partial charge is 0.341 e. The number of aromatic nitrogens is 1. The van der Waals surface area contributed by atoms with E-state index in [1.807, 2.05) is 0 Å². The van der Waals surface area contributed by atoms with Gasteiger partial charge in [0.1, 0.15) is 11.4 Å². The molecule has 0 fully saturated rings. The topological polar surface area (TPSA) is 59.4 Å². The number of carbonyl (C=O) groups excluding carboxylic acids is 1. The monoisotopic (exact) mass is 323 g/mol. The van der Waals surface area contributed by atoms with Crippen molar-refractivity contribution in [2.75, 3.05) is 0 Å². The summed E-state index contributed by atoms with van der Waals surface area (Å²) in [6, 6.07) is 5.96. The third-order valence-corrected chi connectivity index (χ3v) is 3.78. The molecule has 1 aromatic carbocycles. The van der Waals surface area contributed by atoms with Gasteiger partial charge in [0.15, 0.2) is 0 Å². The van der Waals surface area contributed by atoms with Gasteiger partial charge in [0.2, 0.25) is 0 Å². The predicted molar refractivity (Wildman–Crippen MR) is 83.3 cm³/mol. The van der Waals surface area contributed by atoms with Gasteiger partial charge in [-0.3, -0.25) is 0 Å². The molecule has 118 valence electrons. The van der Waals surface area contributed by atoms with Gasteiger partial charge >= 0.3 is 5.97 Å². The first-order valence-corrected chi connectivity index (χ1v) is 7.62. The molecule has 0 radical (unpaired) electrons. The molecule has 1 atom stereocenters. The zero-order valence-electron chi connectivity index (χ0n) is 12.9. The number of halogens is 1. The predicted octanol–water partition coefficient (Wildman–Crippen LogP) is 3.96. The molecule has 1 heterocycles. The lowest BCUT2D eigenvalue weighted by Gasteiger charge is -2.19. The maximum absolute atomic E-state index is 14.2. The highest BCUT2D eigenvalue weighted by atomic mass is 32.1. The molecule has 0 spiro atoms. The lowest BCUT2D eigenvalue weighted by atomic mass is 10.1. The summed E-state index contributed by atoms with van der Waals surface area (Å²) < 4.78 is 23.5. The molecule has 1 aromatic heterocycles. The van der Waals surface area contributed by atoms with E-state index in [0.29, 0.717) is 16.1 Å². The van der Waals surface area contributed by atoms with Crippen molar-refractivity contribution >= 4 is 17.5 Å². The fourth-order valence-electron chi connectivity index (χ4n) is 1.80. The van der Waals surface area contributed by atoms with Gasteiger partial charge in [-0.1, -0.05) is 6.07 Å². The van der Waals surface area contributed by atoms with Crippen LogP contribution in [0.15, 0.2) is 24.3 Å². The van der Waals surface area contributed by atoms with Crippen molar-refractivity contribution in [3.63, 3.8) is 0 Å². The Morgan fingerprint density at radius 1 is 1.36 bits per heavy atom. The third-order valence-electron chi connectivity index (χ3n) is 2.82. The Morgan fingerprint density at radius 2 is 2.05 bits per heavy atom. The quantitative estimate of drug-likeness (QED) is 0.869. The zero-order valence-corrected chi connectivity index (χ0v) is 13.7. The molecule has 0 unspecified atom stereocenters. The van der Waals surface area contributed by atoms with Crippen LogP contribution < -0.4 is 0 Å². The summed E-state index contributed by atoms with van der Waals surface area (Å²) in [6.07, 6.45) is -0.614. The normalized spacial score (nSPS) is 13.0. The maximum Gasteiger partial charge on any atom is 0.341 e. The number of carbonyl (C=O) groups is 1. The first-order chi connectivity index (χ1) is 10.2. The Balaban J connectivity index is 2.27. The number of esters is 1. The van der Waals surface area contributed by atoms with E-state index in [0.717, 1.165) is 11.5 Å². The van der Waals surface area contributed by atoms with Crippen molar-refractivity contribution in [2.45, 2.75) is 39.4 Å². The summed E-state index contributed by atoms with van der Waals surface area (Å²) in [4.78, 5) is 12.6. The first kappa shape index (κ1) is 16.6. The molecule has 6 heteroatoms. The number of ether oxygens (including phenoxy) is 1. The summed E-state index contributed by atoms with van der Waals surface area (Å²) >= 11 is 1.16. The Hall–Kier alpha value is -1.79. The van der Waals surface area contributed by atoms with Crippen molar-refractivity contribution < 1.29 is 19.0 Å². The van der Waals surface area contributed by atoms with Crippen molar-refractivity contribution in [1.29, 1.82) is 0 Å². The second-order valence-electron chi connectivity index (χ2n) is 5.99. The van der Waals surface area contributed by atoms with E-state index < -0.39 is 23.5 Å². The molecule has 0 amide bonds. The van der Waals surface area contributed by atoms with Crippen LogP contribution in [0.1, 0.15) is 49.0 Å². The van der Waals surface area contributed by atoms with Gasteiger partial charge in [-0.05, 0) is 57.4 Å². The van der Waals surface area contributed by atoms with Crippen LogP contribution in [0.5, 0.6) is 0 Å². The SMILES string of the molecule is C[C@@H](O)c1cc(-c2ccc(C(=O)OC(C)(C)C)c(F)c2)ns1. The van der Waals surface area contributed by atoms with Gasteiger partial charge in [-0.25, -0.2) is 9.18 Å². The zero-order chi connectivity index (χ0) is 16.5. The molecule has 22 heavy (non-hydrogen) atoms. The van der Waals surface area contributed by atoms with Gasteiger partial charge in [0.25, 0.3) is 0 Å². The molecule has 0 aliphatic carbocycles. The second kappa shape index (κ2) is 6.14. The fourth-order valence-corrected chi connectivity index (χ4v) is 2.47. The molecule has 1 N–H and O–H groups in total. The lowest BCUT2D eigenvalue weighted by molar-refractivity contribution is 0.00647. The molecule has 2 rings (SSSR count). The molecule has 0 saturated carbocycles. The number of aliphatic hydroxyl groups excluding tert-OH is 1. The second-order valence-corrected chi connectivity index (χ2v) is 6.82. The Bertz CT molecular complexity index is 689. The van der Waals surface area contributed by atoms with Gasteiger partial charge in [0, 0.05) is 5.56 Å². The largest absolute Gasteiger partial charge is 0.456 e. The van der Waals surface area contributed by atoms with Crippen molar-refractivity contribution in [3.05, 3.63) is 40.5 Å². The van der Waals surface area contributed by atoms with Gasteiger partial charge < -0.3 is 9.84 Å². The minimum Gasteiger partial charge on any atom is -0.456 e. The van der Waals surface area contributed by atoms with Crippen LogP contribution >= 0.6 is 11.5 Å². The number of nitrogens with zero attached hydrogens (tertiary/aromatic N) is 1. The molecule has 4 nitrogen and oxygen atoms in total. The van der Waals surface area contributed by atoms with Gasteiger partial charge in [-0.15, -0.1) is 0 Å². The molecule has 0 aliphatic rings. The number of hydrogen-bond acceptors (Lipinski definition) is 5. The van der Waals surface area contributed by atoms with Crippen molar-refractivity contribution in [3.8, 4) is 11.3 Å². The van der Waals surface area contributed by atoms with E-state index in [2.05, 4.69) is 4.37 Å². The van der Waals surface area contributed by atoms with E-state index in [4.69, 9.17) is 4.74 Å². The van der Waals surface area contributed by atoms with Gasteiger partial charge in [-0.2, -0.15) is 4.37 Å². The summed E-state index contributed by atoms with van der Waals surface area (Å²) in [5.41, 5.74) is 0.330. The van der Waals surface area contributed by atoms with Crippen LogP contribution in [0, 0.1) is 5.82 Å². The molecular formula is C16H18FNO3S. The van der Waals surface area contributed by atoms with E-state index >= 15 is 0 Å². The molecular weight excluding hydrogens is 305 g/mol. The number of hydrogen-bond donors (Lipinski definition) is 1. The number of aliphatic hydroxyl groups is 1. The Kier molecular flexibility index (Phi) is 4.63. The van der Waals surface area contributed by atoms with Crippen LogP contribution in [-0.4, -0.2) is 21.1 Å². The highest BCUT2D eigenvalue weighted by molar-refractivity contribution is 7.06. The minimum absolute atomic E-state index is 0.107. The summed E-state index contributed by atoms with van der Waals surface area (Å²) in [5, 5.41) is 9.50.